The van der Waals surface area contributed by atoms with Crippen LogP contribution in [0, 0.1) is 18.3 Å². The van der Waals surface area contributed by atoms with Crippen molar-refractivity contribution >= 4 is 28.3 Å². The molecule has 1 saturated carbocycles. The third-order valence-corrected chi connectivity index (χ3v) is 9.78. The molecule has 0 bridgehead atoms. The number of ether oxygens (including phenoxy) is 1. The van der Waals surface area contributed by atoms with Gasteiger partial charge in [-0.1, -0.05) is 12.6 Å². The highest BCUT2D eigenvalue weighted by molar-refractivity contribution is 5.93. The minimum atomic E-state index is -0.231. The topological polar surface area (TPSA) is 118 Å². The molecule has 3 fully saturated rings. The molecule has 3 aliphatic heterocycles. The lowest BCUT2D eigenvalue weighted by Gasteiger charge is -2.42. The lowest BCUT2D eigenvalue weighted by atomic mass is 10.0. The van der Waals surface area contributed by atoms with Crippen LogP contribution in [-0.4, -0.2) is 93.3 Å². The number of H-pyrrole nitrogens is 1. The number of nitriles is 1. The van der Waals surface area contributed by atoms with Crippen molar-refractivity contribution in [3.8, 4) is 12.1 Å². The summed E-state index contributed by atoms with van der Waals surface area (Å²) in [6, 6.07) is 6.67. The van der Waals surface area contributed by atoms with Crippen molar-refractivity contribution in [2.75, 3.05) is 55.7 Å². The summed E-state index contributed by atoms with van der Waals surface area (Å²) in [5.74, 6) is 0.738. The molecule has 1 atom stereocenters. The van der Waals surface area contributed by atoms with E-state index in [9.17, 15) is 10.1 Å². The number of hydrogen-bond acceptors (Lipinski definition) is 9. The molecule has 0 radical (unpaired) electrons. The van der Waals surface area contributed by atoms with E-state index in [4.69, 9.17) is 14.7 Å². The Morgan fingerprint density at radius 1 is 1.19 bits per heavy atom. The number of benzene rings is 1. The molecule has 1 amide bonds. The number of carbonyl (C=O) groups is 1. The van der Waals surface area contributed by atoms with E-state index in [0.29, 0.717) is 38.8 Å². The molecule has 43 heavy (non-hydrogen) atoms. The Labute approximate surface area is 252 Å². The van der Waals surface area contributed by atoms with Crippen LogP contribution in [0.5, 0.6) is 6.01 Å². The van der Waals surface area contributed by atoms with E-state index in [2.05, 4.69) is 56.6 Å². The summed E-state index contributed by atoms with van der Waals surface area (Å²) in [7, 11) is 0. The fourth-order valence-corrected chi connectivity index (χ4v) is 7.26. The van der Waals surface area contributed by atoms with Crippen LogP contribution in [0.2, 0.25) is 0 Å². The van der Waals surface area contributed by atoms with Crippen LogP contribution < -0.4 is 14.5 Å². The van der Waals surface area contributed by atoms with E-state index in [-0.39, 0.29) is 23.9 Å². The molecule has 224 valence electrons. The predicted octanol–water partition coefficient (Wildman–Crippen LogP) is 3.35. The Balaban J connectivity index is 1.21. The van der Waals surface area contributed by atoms with Gasteiger partial charge < -0.3 is 19.4 Å². The van der Waals surface area contributed by atoms with Gasteiger partial charge in [0.2, 0.25) is 5.91 Å². The molecule has 3 aromatic rings. The molecule has 11 heteroatoms. The van der Waals surface area contributed by atoms with Gasteiger partial charge in [0.15, 0.2) is 0 Å². The molecule has 0 spiro atoms. The van der Waals surface area contributed by atoms with Crippen LogP contribution in [-0.2, 0) is 17.8 Å². The smallest absolute Gasteiger partial charge is 0.318 e. The molecule has 11 nitrogen and oxygen atoms in total. The molecule has 2 saturated heterocycles. The summed E-state index contributed by atoms with van der Waals surface area (Å²) >= 11 is 0. The number of carbonyl (C=O) groups excluding carboxylic acids is 1. The summed E-state index contributed by atoms with van der Waals surface area (Å²) in [5.41, 5.74) is 5.61. The monoisotopic (exact) mass is 581 g/mol. The number of rotatable bonds is 8. The highest BCUT2D eigenvalue weighted by Crippen LogP contribution is 2.44. The van der Waals surface area contributed by atoms with E-state index in [1.165, 1.54) is 30.2 Å². The van der Waals surface area contributed by atoms with Crippen LogP contribution in [0.15, 0.2) is 31.0 Å². The highest BCUT2D eigenvalue weighted by atomic mass is 16.5. The Morgan fingerprint density at radius 2 is 2.02 bits per heavy atom. The van der Waals surface area contributed by atoms with Crippen molar-refractivity contribution in [1.82, 2.24) is 30.0 Å². The van der Waals surface area contributed by atoms with Gasteiger partial charge in [-0.25, -0.2) is 0 Å². The highest BCUT2D eigenvalue weighted by Gasteiger charge is 2.49. The first-order valence-corrected chi connectivity index (χ1v) is 15.5. The van der Waals surface area contributed by atoms with Gasteiger partial charge in [-0.15, -0.1) is 0 Å². The van der Waals surface area contributed by atoms with Gasteiger partial charge in [0.25, 0.3) is 0 Å². The minimum Gasteiger partial charge on any atom is -0.461 e. The molecule has 4 aliphatic rings. The van der Waals surface area contributed by atoms with Crippen molar-refractivity contribution in [3.05, 3.63) is 47.8 Å². The van der Waals surface area contributed by atoms with Gasteiger partial charge >= 0.3 is 6.01 Å². The first-order valence-electron chi connectivity index (χ1n) is 15.5. The maximum Gasteiger partial charge on any atom is 0.318 e. The van der Waals surface area contributed by atoms with Crippen molar-refractivity contribution in [1.29, 1.82) is 5.26 Å². The van der Waals surface area contributed by atoms with E-state index in [0.717, 1.165) is 66.9 Å². The van der Waals surface area contributed by atoms with Gasteiger partial charge in [0, 0.05) is 37.1 Å². The molecule has 2 aromatic heterocycles. The van der Waals surface area contributed by atoms with Crippen LogP contribution in [0.4, 0.5) is 11.5 Å². The normalized spacial score (nSPS) is 21.5. The van der Waals surface area contributed by atoms with E-state index in [1.54, 1.807) is 4.90 Å². The third-order valence-electron chi connectivity index (χ3n) is 9.78. The number of likely N-dealkylation sites (tertiary alicyclic amines) is 1. The fourth-order valence-electron chi connectivity index (χ4n) is 7.26. The molecule has 5 heterocycles. The van der Waals surface area contributed by atoms with Gasteiger partial charge in [-0.05, 0) is 69.8 Å². The van der Waals surface area contributed by atoms with Crippen molar-refractivity contribution < 1.29 is 9.53 Å². The molecule has 0 unspecified atom stereocenters. The van der Waals surface area contributed by atoms with E-state index >= 15 is 0 Å². The Morgan fingerprint density at radius 3 is 2.79 bits per heavy atom. The van der Waals surface area contributed by atoms with Gasteiger partial charge in [-0.2, -0.15) is 20.3 Å². The zero-order valence-corrected chi connectivity index (χ0v) is 24.9. The number of anilines is 2. The fraction of sp³-hybridized carbons (Fsp3) is 0.531. The zero-order chi connectivity index (χ0) is 29.6. The zero-order valence-electron chi connectivity index (χ0n) is 24.9. The van der Waals surface area contributed by atoms with Crippen molar-refractivity contribution in [2.24, 2.45) is 0 Å². The Kier molecular flexibility index (Phi) is 7.17. The van der Waals surface area contributed by atoms with Gasteiger partial charge in [-0.3, -0.25) is 14.8 Å². The number of hydrogen-bond donors (Lipinski definition) is 1. The maximum atomic E-state index is 12.6. The standard InChI is InChI=1S/C32H39N9O2/c1-3-28(42)41-17-16-39(19-23(41)8-12-33)30-24-9-15-38(29-22(2)6-7-26-25(29)18-34-37-26)20-27(24)35-31(36-30)43-21-32(10-11-32)40-13-4-5-14-40/h3,6-7,18,23H,1,4-5,8-11,13-17,19-21H2,2H3,(H,34,37)/t23-/m0/s1. The van der Waals surface area contributed by atoms with Gasteiger partial charge in [0.05, 0.1) is 53.7 Å². The van der Waals surface area contributed by atoms with Crippen LogP contribution >= 0.6 is 0 Å². The summed E-state index contributed by atoms with van der Waals surface area (Å²) in [5, 5.41) is 18.1. The number of aromatic nitrogens is 4. The number of aromatic amines is 1. The minimum absolute atomic E-state index is 0.116. The number of aryl methyl sites for hydroxylation is 1. The number of nitrogens with zero attached hydrogens (tertiary/aromatic N) is 8. The molecular formula is C32H39N9O2. The van der Waals surface area contributed by atoms with Gasteiger partial charge in [0.1, 0.15) is 12.4 Å². The molecule has 1 aromatic carbocycles. The molecule has 7 rings (SSSR count). The predicted molar refractivity (Wildman–Crippen MR) is 164 cm³/mol. The van der Waals surface area contributed by atoms with Crippen molar-refractivity contribution in [3.63, 3.8) is 0 Å². The molecular weight excluding hydrogens is 542 g/mol. The first kappa shape index (κ1) is 27.7. The Bertz CT molecular complexity index is 1580. The maximum absolute atomic E-state index is 12.6. The Hall–Kier alpha value is -4.17. The third kappa shape index (κ3) is 5.07. The second-order valence-corrected chi connectivity index (χ2v) is 12.4. The summed E-state index contributed by atoms with van der Waals surface area (Å²) < 4.78 is 6.46. The molecule has 1 aliphatic carbocycles. The lowest BCUT2D eigenvalue weighted by molar-refractivity contribution is -0.128. The number of nitrogens with one attached hydrogen (secondary N) is 1. The SMILES string of the molecule is C=CC(=O)N1CCN(c2nc(OCC3(N4CCCC4)CC3)nc3c2CCN(c2c(C)ccc4[nH]ncc24)C3)C[C@@H]1CC#N. The van der Waals surface area contributed by atoms with Crippen LogP contribution in [0.25, 0.3) is 10.9 Å². The van der Waals surface area contributed by atoms with Crippen molar-refractivity contribution in [2.45, 2.75) is 63.6 Å². The molecule has 1 N–H and O–H groups in total. The number of amides is 1. The van der Waals surface area contributed by atoms with Crippen LogP contribution in [0.3, 0.4) is 0 Å². The average Bonchev–Trinajstić information content (AvgIpc) is 3.37. The number of piperazine rings is 1. The second kappa shape index (κ2) is 11.2. The van der Waals surface area contributed by atoms with E-state index in [1.807, 2.05) is 6.20 Å². The summed E-state index contributed by atoms with van der Waals surface area (Å²) in [6.45, 7) is 11.8. The largest absolute Gasteiger partial charge is 0.461 e. The van der Waals surface area contributed by atoms with E-state index < -0.39 is 0 Å². The number of fused-ring (bicyclic) bond motifs is 2. The summed E-state index contributed by atoms with van der Waals surface area (Å²) in [4.78, 5) is 31.6. The quantitative estimate of drug-likeness (QED) is 0.400. The lowest BCUT2D eigenvalue weighted by Crippen LogP contribution is -2.55. The summed E-state index contributed by atoms with van der Waals surface area (Å²) in [6.07, 6.45) is 9.10. The first-order chi connectivity index (χ1) is 21.0. The second-order valence-electron chi connectivity index (χ2n) is 12.4. The average molecular weight is 582 g/mol. The van der Waals surface area contributed by atoms with Crippen LogP contribution in [0.1, 0.15) is 48.9 Å².